The van der Waals surface area contributed by atoms with Gasteiger partial charge >= 0.3 is 0 Å². The molecule has 2 aliphatic carbocycles. The zero-order chi connectivity index (χ0) is 14.8. The molecule has 1 aromatic carbocycles. The average Bonchev–Trinajstić information content (AvgIpc) is 2.46. The minimum Gasteiger partial charge on any atom is -0.496 e. The lowest BCUT2D eigenvalue weighted by molar-refractivity contribution is 0.161. The molecular weight excluding hydrogens is 258 g/mol. The van der Waals surface area contributed by atoms with Crippen molar-refractivity contribution in [2.45, 2.75) is 64.0 Å². The lowest BCUT2D eigenvalue weighted by Gasteiger charge is -2.43. The Balaban J connectivity index is 1.54. The van der Waals surface area contributed by atoms with Gasteiger partial charge in [0.15, 0.2) is 0 Å². The average molecular weight is 287 g/mol. The standard InChI is InChI=1S/C19H29NO/c1-13-7-6-9-18(14(13)2)20-16-11-15(12-16)17-8-4-5-10-19(17)21-3/h4-5,8,10,13-16,18,20H,6-7,9,11-12H2,1-3H3. The van der Waals surface area contributed by atoms with Gasteiger partial charge in [0.25, 0.3) is 0 Å². The quantitative estimate of drug-likeness (QED) is 0.888. The molecule has 2 heteroatoms. The first kappa shape index (κ1) is 14.9. The van der Waals surface area contributed by atoms with Crippen molar-refractivity contribution in [1.82, 2.24) is 5.32 Å². The SMILES string of the molecule is COc1ccccc1C1CC(NC2CCCC(C)C2C)C1. The molecule has 0 aromatic heterocycles. The fourth-order valence-electron chi connectivity index (χ4n) is 4.13. The minimum absolute atomic E-state index is 0.676. The number of benzene rings is 1. The van der Waals surface area contributed by atoms with E-state index < -0.39 is 0 Å². The monoisotopic (exact) mass is 287 g/mol. The molecule has 2 saturated carbocycles. The third-order valence-electron chi connectivity index (χ3n) is 5.87. The highest BCUT2D eigenvalue weighted by Gasteiger charge is 2.35. The molecule has 2 aliphatic rings. The van der Waals surface area contributed by atoms with E-state index in [-0.39, 0.29) is 0 Å². The summed E-state index contributed by atoms with van der Waals surface area (Å²) >= 11 is 0. The zero-order valence-electron chi connectivity index (χ0n) is 13.6. The van der Waals surface area contributed by atoms with Crippen LogP contribution < -0.4 is 10.1 Å². The topological polar surface area (TPSA) is 21.3 Å². The number of methoxy groups -OCH3 is 1. The Morgan fingerprint density at radius 1 is 1.10 bits per heavy atom. The van der Waals surface area contributed by atoms with Crippen LogP contribution in [0.3, 0.4) is 0 Å². The largest absolute Gasteiger partial charge is 0.496 e. The Labute approximate surface area is 129 Å². The van der Waals surface area contributed by atoms with Gasteiger partial charge in [0.1, 0.15) is 5.75 Å². The van der Waals surface area contributed by atoms with Crippen LogP contribution in [0.2, 0.25) is 0 Å². The van der Waals surface area contributed by atoms with E-state index in [1.54, 1.807) is 7.11 Å². The van der Waals surface area contributed by atoms with Gasteiger partial charge in [-0.15, -0.1) is 0 Å². The third kappa shape index (κ3) is 3.11. The highest BCUT2D eigenvalue weighted by molar-refractivity contribution is 5.37. The van der Waals surface area contributed by atoms with Crippen molar-refractivity contribution < 1.29 is 4.74 Å². The number of rotatable bonds is 4. The summed E-state index contributed by atoms with van der Waals surface area (Å²) in [5.41, 5.74) is 1.39. The van der Waals surface area contributed by atoms with Crippen LogP contribution in [0.15, 0.2) is 24.3 Å². The first-order valence-electron chi connectivity index (χ1n) is 8.58. The lowest BCUT2D eigenvalue weighted by Crippen LogP contribution is -2.50. The maximum absolute atomic E-state index is 5.50. The number of nitrogens with one attached hydrogen (secondary N) is 1. The molecule has 0 bridgehead atoms. The summed E-state index contributed by atoms with van der Waals surface area (Å²) < 4.78 is 5.50. The van der Waals surface area contributed by atoms with Gasteiger partial charge in [0.05, 0.1) is 7.11 Å². The van der Waals surface area contributed by atoms with Gasteiger partial charge in [-0.25, -0.2) is 0 Å². The van der Waals surface area contributed by atoms with Crippen molar-refractivity contribution in [3.63, 3.8) is 0 Å². The molecule has 2 nitrogen and oxygen atoms in total. The van der Waals surface area contributed by atoms with E-state index in [1.807, 2.05) is 0 Å². The van der Waals surface area contributed by atoms with E-state index in [0.29, 0.717) is 12.0 Å². The Bertz CT molecular complexity index is 466. The van der Waals surface area contributed by atoms with Crippen LogP contribution in [0.4, 0.5) is 0 Å². The highest BCUT2D eigenvalue weighted by Crippen LogP contribution is 2.42. The Hall–Kier alpha value is -1.02. The summed E-state index contributed by atoms with van der Waals surface area (Å²) in [5, 5.41) is 3.93. The molecule has 0 spiro atoms. The summed E-state index contributed by atoms with van der Waals surface area (Å²) in [5.74, 6) is 3.43. The predicted octanol–water partition coefficient (Wildman–Crippen LogP) is 4.36. The normalized spacial score (nSPS) is 36.0. The Morgan fingerprint density at radius 3 is 2.62 bits per heavy atom. The second-order valence-corrected chi connectivity index (χ2v) is 7.15. The molecule has 0 aliphatic heterocycles. The summed E-state index contributed by atoms with van der Waals surface area (Å²) in [7, 11) is 1.78. The summed E-state index contributed by atoms with van der Waals surface area (Å²) in [6.07, 6.45) is 6.69. The lowest BCUT2D eigenvalue weighted by atomic mass is 9.73. The zero-order valence-corrected chi connectivity index (χ0v) is 13.6. The molecule has 1 aromatic rings. The second kappa shape index (κ2) is 6.39. The fourth-order valence-corrected chi connectivity index (χ4v) is 4.13. The number of hydrogen-bond acceptors (Lipinski definition) is 2. The molecule has 1 N–H and O–H groups in total. The molecular formula is C19H29NO. The highest BCUT2D eigenvalue weighted by atomic mass is 16.5. The van der Waals surface area contributed by atoms with E-state index in [9.17, 15) is 0 Å². The van der Waals surface area contributed by atoms with Crippen LogP contribution >= 0.6 is 0 Å². The van der Waals surface area contributed by atoms with Crippen molar-refractivity contribution in [2.75, 3.05) is 7.11 Å². The van der Waals surface area contributed by atoms with Crippen LogP contribution in [0.25, 0.3) is 0 Å². The fraction of sp³-hybridized carbons (Fsp3) is 0.684. The van der Waals surface area contributed by atoms with E-state index >= 15 is 0 Å². The van der Waals surface area contributed by atoms with Crippen LogP contribution in [-0.2, 0) is 0 Å². The van der Waals surface area contributed by atoms with E-state index in [2.05, 4.69) is 43.4 Å². The van der Waals surface area contributed by atoms with E-state index in [4.69, 9.17) is 4.74 Å². The first-order chi connectivity index (χ1) is 10.2. The summed E-state index contributed by atoms with van der Waals surface area (Å²) in [4.78, 5) is 0. The van der Waals surface area contributed by atoms with E-state index in [1.165, 1.54) is 37.7 Å². The van der Waals surface area contributed by atoms with Gasteiger partial charge < -0.3 is 10.1 Å². The summed E-state index contributed by atoms with van der Waals surface area (Å²) in [6, 6.07) is 9.94. The maximum atomic E-state index is 5.50. The molecule has 3 atom stereocenters. The van der Waals surface area contributed by atoms with Gasteiger partial charge in [-0.2, -0.15) is 0 Å². The Morgan fingerprint density at radius 2 is 1.86 bits per heavy atom. The van der Waals surface area contributed by atoms with Crippen molar-refractivity contribution >= 4 is 0 Å². The smallest absolute Gasteiger partial charge is 0.122 e. The first-order valence-corrected chi connectivity index (χ1v) is 8.58. The second-order valence-electron chi connectivity index (χ2n) is 7.15. The Kier molecular flexibility index (Phi) is 4.54. The molecule has 0 saturated heterocycles. The van der Waals surface area contributed by atoms with Crippen molar-refractivity contribution in [3.05, 3.63) is 29.8 Å². The van der Waals surface area contributed by atoms with Gasteiger partial charge in [0.2, 0.25) is 0 Å². The molecule has 0 amide bonds. The predicted molar refractivity (Wildman–Crippen MR) is 87.9 cm³/mol. The molecule has 3 unspecified atom stereocenters. The third-order valence-corrected chi connectivity index (χ3v) is 5.87. The molecule has 116 valence electrons. The molecule has 0 radical (unpaired) electrons. The van der Waals surface area contributed by atoms with Gasteiger partial charge in [-0.1, -0.05) is 44.9 Å². The van der Waals surface area contributed by atoms with E-state index in [0.717, 1.165) is 23.6 Å². The molecule has 2 fully saturated rings. The number of hydrogen-bond donors (Lipinski definition) is 1. The van der Waals surface area contributed by atoms with Crippen molar-refractivity contribution in [3.8, 4) is 5.75 Å². The van der Waals surface area contributed by atoms with Gasteiger partial charge in [0, 0.05) is 12.1 Å². The molecule has 21 heavy (non-hydrogen) atoms. The van der Waals surface area contributed by atoms with Crippen LogP contribution in [0.5, 0.6) is 5.75 Å². The van der Waals surface area contributed by atoms with Gasteiger partial charge in [-0.05, 0) is 48.6 Å². The van der Waals surface area contributed by atoms with Crippen molar-refractivity contribution in [2.24, 2.45) is 11.8 Å². The minimum atomic E-state index is 0.676. The van der Waals surface area contributed by atoms with Crippen LogP contribution in [-0.4, -0.2) is 19.2 Å². The number of para-hydroxylation sites is 1. The molecule has 3 rings (SSSR count). The van der Waals surface area contributed by atoms with Gasteiger partial charge in [-0.3, -0.25) is 0 Å². The van der Waals surface area contributed by atoms with Crippen LogP contribution in [0, 0.1) is 11.8 Å². The maximum Gasteiger partial charge on any atom is 0.122 e. The molecule has 0 heterocycles. The van der Waals surface area contributed by atoms with Crippen molar-refractivity contribution in [1.29, 1.82) is 0 Å². The van der Waals surface area contributed by atoms with Crippen LogP contribution in [0.1, 0.15) is 57.4 Å². The summed E-state index contributed by atoms with van der Waals surface area (Å²) in [6.45, 7) is 4.84. The number of ether oxygens (including phenoxy) is 1.